The number of carbonyl (C=O) groups excluding carboxylic acids is 2. The number of ether oxygens (including phenoxy) is 1. The van der Waals surface area contributed by atoms with Crippen molar-refractivity contribution in [3.05, 3.63) is 83.2 Å². The molecule has 38 heavy (non-hydrogen) atoms. The first-order valence-corrected chi connectivity index (χ1v) is 12.5. The quantitative estimate of drug-likeness (QED) is 0.230. The van der Waals surface area contributed by atoms with Crippen molar-refractivity contribution in [2.75, 3.05) is 30.0 Å². The molecule has 2 N–H and O–H groups in total. The number of nitrogens with zero attached hydrogens (tertiary/aromatic N) is 4. The second kappa shape index (κ2) is 8.96. The Morgan fingerprint density at radius 1 is 1.11 bits per heavy atom. The molecule has 2 aliphatic rings. The van der Waals surface area contributed by atoms with E-state index in [1.165, 1.54) is 23.2 Å². The molecule has 4 aromatic rings. The number of fused-ring (bicyclic) bond motifs is 2. The number of hydrogen-bond donors (Lipinski definition) is 2. The van der Waals surface area contributed by atoms with Crippen LogP contribution in [0.25, 0.3) is 16.0 Å². The van der Waals surface area contributed by atoms with Crippen LogP contribution in [-0.4, -0.2) is 58.0 Å². The van der Waals surface area contributed by atoms with E-state index in [2.05, 4.69) is 9.97 Å². The molecular weight excluding hydrogens is 508 g/mol. The summed E-state index contributed by atoms with van der Waals surface area (Å²) in [6.07, 6.45) is 3.10. The summed E-state index contributed by atoms with van der Waals surface area (Å²) in [6, 6.07) is 12.0. The Morgan fingerprint density at radius 2 is 1.92 bits per heavy atom. The molecule has 1 unspecified atom stereocenters. The maximum Gasteiger partial charge on any atom is 0.335 e. The van der Waals surface area contributed by atoms with E-state index in [0.29, 0.717) is 40.2 Å². The number of carboxylic acid groups (broad SMARTS) is 1. The maximum absolute atomic E-state index is 13.4. The molecule has 0 saturated carbocycles. The lowest BCUT2D eigenvalue weighted by Crippen LogP contribution is -2.29. The van der Waals surface area contributed by atoms with Gasteiger partial charge in [-0.1, -0.05) is 17.4 Å². The molecule has 10 nitrogen and oxygen atoms in total. The van der Waals surface area contributed by atoms with Crippen LogP contribution in [0.4, 0.5) is 10.8 Å². The number of aliphatic hydroxyl groups is 1. The normalized spacial score (nSPS) is 18.5. The number of thiazole rings is 1. The number of anilines is 2. The highest BCUT2D eigenvalue weighted by molar-refractivity contribution is 7.22. The van der Waals surface area contributed by atoms with Gasteiger partial charge in [-0.05, 0) is 48.0 Å². The van der Waals surface area contributed by atoms with E-state index in [-0.39, 0.29) is 22.0 Å². The molecule has 1 amide bonds. The van der Waals surface area contributed by atoms with Crippen LogP contribution >= 0.6 is 11.3 Å². The smallest absolute Gasteiger partial charge is 0.335 e. The zero-order chi connectivity index (χ0) is 26.6. The molecule has 0 spiro atoms. The first-order valence-electron chi connectivity index (χ1n) is 11.7. The molecule has 1 atom stereocenters. The van der Waals surface area contributed by atoms with Gasteiger partial charge in [0.2, 0.25) is 0 Å². The third kappa shape index (κ3) is 3.75. The number of ketones is 1. The molecular formula is C27H20N4O6S. The van der Waals surface area contributed by atoms with Gasteiger partial charge in [0.15, 0.2) is 5.13 Å². The summed E-state index contributed by atoms with van der Waals surface area (Å²) >= 11 is 1.09. The molecule has 1 fully saturated rings. The van der Waals surface area contributed by atoms with Crippen LogP contribution in [0.2, 0.25) is 0 Å². The predicted molar refractivity (Wildman–Crippen MR) is 141 cm³/mol. The summed E-state index contributed by atoms with van der Waals surface area (Å²) in [5.74, 6) is -2.45. The van der Waals surface area contributed by atoms with Crippen LogP contribution in [-0.2, 0) is 9.59 Å². The van der Waals surface area contributed by atoms with Crippen molar-refractivity contribution < 1.29 is 29.3 Å². The van der Waals surface area contributed by atoms with Gasteiger partial charge in [0, 0.05) is 25.0 Å². The third-order valence-electron chi connectivity index (χ3n) is 6.60. The summed E-state index contributed by atoms with van der Waals surface area (Å²) in [6.45, 7) is 1.20. The Balaban J connectivity index is 1.52. The fourth-order valence-corrected chi connectivity index (χ4v) is 5.72. The van der Waals surface area contributed by atoms with Crippen LogP contribution in [0.3, 0.4) is 0 Å². The molecule has 6 rings (SSSR count). The van der Waals surface area contributed by atoms with Crippen molar-refractivity contribution in [3.8, 4) is 5.75 Å². The van der Waals surface area contributed by atoms with Gasteiger partial charge in [-0.2, -0.15) is 0 Å². The molecule has 2 aromatic heterocycles. The Labute approximate surface area is 220 Å². The van der Waals surface area contributed by atoms with Crippen molar-refractivity contribution in [1.82, 2.24) is 9.97 Å². The standard InChI is InChI=1S/C27H20N4O6S/c1-30-9-10-37-19-7-5-14(11-18(19)30)23(32)21-22(16-3-2-8-28-13-16)31(25(34)24(21)33)27-29-17-6-4-15(26(35)36)12-20(17)38-27/h2-8,11-13,22,32H,9-10H2,1H3,(H,35,36)/b23-21+. The lowest BCUT2D eigenvalue weighted by molar-refractivity contribution is -0.132. The van der Waals surface area contributed by atoms with E-state index in [0.717, 1.165) is 17.0 Å². The molecule has 190 valence electrons. The molecule has 1 saturated heterocycles. The average molecular weight is 529 g/mol. The van der Waals surface area contributed by atoms with Crippen LogP contribution in [0, 0.1) is 0 Å². The van der Waals surface area contributed by atoms with E-state index >= 15 is 0 Å². The van der Waals surface area contributed by atoms with Crippen molar-refractivity contribution in [1.29, 1.82) is 0 Å². The molecule has 4 heterocycles. The fourth-order valence-electron chi connectivity index (χ4n) is 4.68. The van der Waals surface area contributed by atoms with Gasteiger partial charge in [-0.15, -0.1) is 0 Å². The number of benzene rings is 2. The largest absolute Gasteiger partial charge is 0.507 e. The summed E-state index contributed by atoms with van der Waals surface area (Å²) in [5.41, 5.74) is 2.11. The van der Waals surface area contributed by atoms with Crippen LogP contribution in [0.15, 0.2) is 66.5 Å². The molecule has 2 aliphatic heterocycles. The fraction of sp³-hybridized carbons (Fsp3) is 0.148. The number of pyridine rings is 1. The van der Waals surface area contributed by atoms with Crippen molar-refractivity contribution in [2.24, 2.45) is 0 Å². The van der Waals surface area contributed by atoms with Crippen LogP contribution < -0.4 is 14.5 Å². The molecule has 11 heteroatoms. The number of hydrogen-bond acceptors (Lipinski definition) is 9. The Bertz CT molecular complexity index is 1660. The van der Waals surface area contributed by atoms with Gasteiger partial charge >= 0.3 is 11.9 Å². The van der Waals surface area contributed by atoms with Crippen molar-refractivity contribution in [3.63, 3.8) is 0 Å². The number of aromatic carboxylic acids is 1. The van der Waals surface area contributed by atoms with Crippen molar-refractivity contribution in [2.45, 2.75) is 6.04 Å². The highest BCUT2D eigenvalue weighted by atomic mass is 32.1. The number of carboxylic acids is 1. The average Bonchev–Trinajstić information content (AvgIpc) is 3.46. The summed E-state index contributed by atoms with van der Waals surface area (Å²) < 4.78 is 6.23. The number of aromatic nitrogens is 2. The monoisotopic (exact) mass is 528 g/mol. The minimum atomic E-state index is -1.08. The number of aliphatic hydroxyl groups excluding tert-OH is 1. The van der Waals surface area contributed by atoms with E-state index in [1.807, 2.05) is 11.9 Å². The molecule has 0 radical (unpaired) electrons. The van der Waals surface area contributed by atoms with Gasteiger partial charge in [0.25, 0.3) is 5.78 Å². The van der Waals surface area contributed by atoms with Gasteiger partial charge in [-0.25, -0.2) is 9.78 Å². The number of Topliss-reactive ketones (excluding diaryl/α,β-unsaturated/α-hetero) is 1. The molecule has 0 aliphatic carbocycles. The zero-order valence-electron chi connectivity index (χ0n) is 20.0. The van der Waals surface area contributed by atoms with Gasteiger partial charge in [0.05, 0.1) is 39.6 Å². The summed E-state index contributed by atoms with van der Waals surface area (Å²) in [4.78, 5) is 50.2. The number of amides is 1. The lowest BCUT2D eigenvalue weighted by Gasteiger charge is -2.28. The number of carbonyl (C=O) groups is 3. The van der Waals surface area contributed by atoms with E-state index in [4.69, 9.17) is 4.74 Å². The molecule has 2 aromatic carbocycles. The minimum absolute atomic E-state index is 0.0833. The second-order valence-electron chi connectivity index (χ2n) is 8.89. The van der Waals surface area contributed by atoms with Gasteiger partial charge in [0.1, 0.15) is 18.1 Å². The maximum atomic E-state index is 13.4. The topological polar surface area (TPSA) is 133 Å². The van der Waals surface area contributed by atoms with Gasteiger partial charge < -0.3 is 19.8 Å². The predicted octanol–water partition coefficient (Wildman–Crippen LogP) is 3.84. The minimum Gasteiger partial charge on any atom is -0.507 e. The zero-order valence-corrected chi connectivity index (χ0v) is 20.8. The number of rotatable bonds is 4. The second-order valence-corrected chi connectivity index (χ2v) is 9.90. The highest BCUT2D eigenvalue weighted by Crippen LogP contribution is 2.45. The van der Waals surface area contributed by atoms with Crippen LogP contribution in [0.1, 0.15) is 27.5 Å². The Morgan fingerprint density at radius 3 is 2.68 bits per heavy atom. The van der Waals surface area contributed by atoms with E-state index < -0.39 is 23.7 Å². The van der Waals surface area contributed by atoms with Crippen LogP contribution in [0.5, 0.6) is 5.75 Å². The SMILES string of the molecule is CN1CCOc2ccc(/C(O)=C3\C(=O)C(=O)N(c4nc5ccc(C(=O)O)cc5s4)C3c3cccnc3)cc21. The number of likely N-dealkylation sites (N-methyl/N-ethyl adjacent to an activating group) is 1. The summed E-state index contributed by atoms with van der Waals surface area (Å²) in [5, 5.41) is 21.0. The first kappa shape index (κ1) is 23.6. The van der Waals surface area contributed by atoms with E-state index in [1.54, 1.807) is 42.6 Å². The van der Waals surface area contributed by atoms with Gasteiger partial charge in [-0.3, -0.25) is 19.5 Å². The Kier molecular flexibility index (Phi) is 5.57. The Hall–Kier alpha value is -4.77. The van der Waals surface area contributed by atoms with E-state index in [9.17, 15) is 24.6 Å². The third-order valence-corrected chi connectivity index (χ3v) is 7.62. The highest BCUT2D eigenvalue weighted by Gasteiger charge is 2.48. The lowest BCUT2D eigenvalue weighted by atomic mass is 9.96. The first-order chi connectivity index (χ1) is 18.3. The summed E-state index contributed by atoms with van der Waals surface area (Å²) in [7, 11) is 1.91. The molecule has 0 bridgehead atoms. The van der Waals surface area contributed by atoms with Crippen molar-refractivity contribution >= 4 is 55.8 Å².